The molecule has 2 aromatic rings. The highest BCUT2D eigenvalue weighted by Gasteiger charge is 2.10. The molecule has 0 aromatic heterocycles. The van der Waals surface area contributed by atoms with Gasteiger partial charge in [-0.05, 0) is 91.8 Å². The number of benzene rings is 2. The molecule has 0 fully saturated rings. The topological polar surface area (TPSA) is 153 Å². The van der Waals surface area contributed by atoms with Gasteiger partial charge in [0.1, 0.15) is 11.5 Å². The van der Waals surface area contributed by atoms with Crippen LogP contribution in [-0.4, -0.2) is 36.7 Å². The average Bonchev–Trinajstić information content (AvgIpc) is 2.89. The van der Waals surface area contributed by atoms with E-state index in [1.165, 1.54) is 0 Å². The van der Waals surface area contributed by atoms with Gasteiger partial charge in [-0.1, -0.05) is 26.7 Å². The standard InChI is InChI=1S/C27H38N6O4/c1-3-5-18-36-22-14-10-20(11-15-22)24(30-32-26(28)34)8-7-9-25(31-33-27(29)35)21-12-16-23(17-13-21)37-19-6-4-2/h10-17H,3-9,18-19H2,1-2H3,(H3,28,32,34)(H3,29,33,35)/b30-24-,31-25-. The SMILES string of the molecule is CCCCOc1ccc(/C(CCC/C(=N/NC(N)=O)c2ccc(OCCCC)cc2)=N\NC(N)=O)cc1. The number of carbonyl (C=O) groups is 2. The summed E-state index contributed by atoms with van der Waals surface area (Å²) in [5.41, 5.74) is 18.1. The van der Waals surface area contributed by atoms with Crippen molar-refractivity contribution in [1.29, 1.82) is 0 Å². The molecule has 10 nitrogen and oxygen atoms in total. The van der Waals surface area contributed by atoms with Gasteiger partial charge in [0, 0.05) is 0 Å². The zero-order chi connectivity index (χ0) is 26.9. The quantitative estimate of drug-likeness (QED) is 0.147. The maximum atomic E-state index is 11.3. The highest BCUT2D eigenvalue weighted by molar-refractivity contribution is 6.03. The number of urea groups is 2. The van der Waals surface area contributed by atoms with Gasteiger partial charge < -0.3 is 20.9 Å². The molecule has 0 atom stereocenters. The number of nitrogens with one attached hydrogen (secondary N) is 2. The maximum absolute atomic E-state index is 11.3. The van der Waals surface area contributed by atoms with Gasteiger partial charge in [0.05, 0.1) is 24.6 Å². The van der Waals surface area contributed by atoms with Crippen molar-refractivity contribution >= 4 is 23.5 Å². The Hall–Kier alpha value is -4.08. The Balaban J connectivity index is 2.10. The number of primary amides is 2. The maximum Gasteiger partial charge on any atom is 0.332 e. The first-order chi connectivity index (χ1) is 17.9. The van der Waals surface area contributed by atoms with Crippen LogP contribution in [0.5, 0.6) is 11.5 Å². The second-order valence-corrected chi connectivity index (χ2v) is 8.38. The summed E-state index contributed by atoms with van der Waals surface area (Å²) in [7, 11) is 0. The number of nitrogens with zero attached hydrogens (tertiary/aromatic N) is 2. The Morgan fingerprint density at radius 3 is 1.38 bits per heavy atom. The lowest BCUT2D eigenvalue weighted by atomic mass is 10.0. The van der Waals surface area contributed by atoms with Gasteiger partial charge in [0.15, 0.2) is 0 Å². The van der Waals surface area contributed by atoms with Crippen LogP contribution in [0.25, 0.3) is 0 Å². The highest BCUT2D eigenvalue weighted by atomic mass is 16.5. The monoisotopic (exact) mass is 510 g/mol. The lowest BCUT2D eigenvalue weighted by Crippen LogP contribution is -2.26. The van der Waals surface area contributed by atoms with Crippen LogP contribution in [0, 0.1) is 0 Å². The first-order valence-corrected chi connectivity index (χ1v) is 12.6. The molecular formula is C27H38N6O4. The van der Waals surface area contributed by atoms with Crippen molar-refractivity contribution in [3.05, 3.63) is 59.7 Å². The third-order valence-electron chi connectivity index (χ3n) is 5.34. The van der Waals surface area contributed by atoms with Gasteiger partial charge in [0.2, 0.25) is 0 Å². The molecule has 37 heavy (non-hydrogen) atoms. The molecule has 0 saturated carbocycles. The first kappa shape index (κ1) is 29.2. The van der Waals surface area contributed by atoms with Gasteiger partial charge in [-0.15, -0.1) is 0 Å². The second kappa shape index (κ2) is 16.6. The molecule has 6 N–H and O–H groups in total. The summed E-state index contributed by atoms with van der Waals surface area (Å²) >= 11 is 0. The normalized spacial score (nSPS) is 11.6. The highest BCUT2D eigenvalue weighted by Crippen LogP contribution is 2.18. The Bertz CT molecular complexity index is 952. The zero-order valence-electron chi connectivity index (χ0n) is 21.7. The van der Waals surface area contributed by atoms with E-state index in [0.717, 1.165) is 48.3 Å². The fourth-order valence-corrected chi connectivity index (χ4v) is 3.35. The molecule has 0 unspecified atom stereocenters. The third kappa shape index (κ3) is 11.5. The summed E-state index contributed by atoms with van der Waals surface area (Å²) in [4.78, 5) is 22.5. The van der Waals surface area contributed by atoms with Gasteiger partial charge in [-0.3, -0.25) is 0 Å². The van der Waals surface area contributed by atoms with Crippen LogP contribution in [0.1, 0.15) is 69.9 Å². The van der Waals surface area contributed by atoms with Gasteiger partial charge in [0.25, 0.3) is 0 Å². The predicted octanol–water partition coefficient (Wildman–Crippen LogP) is 4.66. The molecule has 0 spiro atoms. The van der Waals surface area contributed by atoms with Gasteiger partial charge >= 0.3 is 12.1 Å². The summed E-state index contributed by atoms with van der Waals surface area (Å²) in [6.07, 6.45) is 5.76. The minimum atomic E-state index is -0.744. The Kier molecular flexibility index (Phi) is 13.1. The number of hydrogen-bond acceptors (Lipinski definition) is 6. The molecule has 2 rings (SSSR count). The van der Waals surface area contributed by atoms with E-state index in [1.54, 1.807) is 0 Å². The van der Waals surface area contributed by atoms with Crippen molar-refractivity contribution in [3.8, 4) is 11.5 Å². The lowest BCUT2D eigenvalue weighted by Gasteiger charge is -2.11. The molecule has 0 heterocycles. The van der Waals surface area contributed by atoms with Crippen molar-refractivity contribution in [2.75, 3.05) is 13.2 Å². The van der Waals surface area contributed by atoms with Gasteiger partial charge in [-0.25, -0.2) is 20.4 Å². The van der Waals surface area contributed by atoms with E-state index in [9.17, 15) is 9.59 Å². The Labute approximate surface area is 218 Å². The number of unbranched alkanes of at least 4 members (excludes halogenated alkanes) is 2. The minimum Gasteiger partial charge on any atom is -0.494 e. The number of ether oxygens (including phenoxy) is 2. The fourth-order valence-electron chi connectivity index (χ4n) is 3.35. The minimum absolute atomic E-state index is 0.518. The summed E-state index contributed by atoms with van der Waals surface area (Å²) in [6, 6.07) is 13.6. The van der Waals surface area contributed by atoms with Crippen molar-refractivity contribution in [2.24, 2.45) is 21.7 Å². The summed E-state index contributed by atoms with van der Waals surface area (Å²) < 4.78 is 11.4. The number of hydrazone groups is 2. The molecule has 0 aliphatic rings. The molecule has 0 aliphatic carbocycles. The van der Waals surface area contributed by atoms with Gasteiger partial charge in [-0.2, -0.15) is 10.2 Å². The average molecular weight is 511 g/mol. The number of amides is 4. The van der Waals surface area contributed by atoms with E-state index in [4.69, 9.17) is 20.9 Å². The summed E-state index contributed by atoms with van der Waals surface area (Å²) in [5.74, 6) is 1.54. The third-order valence-corrected chi connectivity index (χ3v) is 5.34. The van der Waals surface area contributed by atoms with E-state index in [1.807, 2.05) is 48.5 Å². The van der Waals surface area contributed by atoms with Crippen LogP contribution in [0.4, 0.5) is 9.59 Å². The zero-order valence-corrected chi connectivity index (χ0v) is 21.7. The Morgan fingerprint density at radius 1 is 0.676 bits per heavy atom. The first-order valence-electron chi connectivity index (χ1n) is 12.6. The van der Waals surface area contributed by atoms with E-state index in [2.05, 4.69) is 34.9 Å². The van der Waals surface area contributed by atoms with Crippen molar-refractivity contribution in [1.82, 2.24) is 10.9 Å². The van der Waals surface area contributed by atoms with Crippen LogP contribution in [0.15, 0.2) is 58.7 Å². The van der Waals surface area contributed by atoms with Crippen molar-refractivity contribution < 1.29 is 19.1 Å². The molecule has 4 amide bonds. The van der Waals surface area contributed by atoms with Crippen molar-refractivity contribution in [3.63, 3.8) is 0 Å². The molecule has 0 bridgehead atoms. The van der Waals surface area contributed by atoms with Crippen LogP contribution in [-0.2, 0) is 0 Å². The Morgan fingerprint density at radius 2 is 1.05 bits per heavy atom. The molecule has 200 valence electrons. The number of carbonyl (C=O) groups excluding carboxylic acids is 2. The number of hydrogen-bond donors (Lipinski definition) is 4. The van der Waals surface area contributed by atoms with E-state index >= 15 is 0 Å². The fraction of sp³-hybridized carbons (Fsp3) is 0.407. The molecule has 2 aromatic carbocycles. The van der Waals surface area contributed by atoms with E-state index in [-0.39, 0.29) is 0 Å². The molecule has 0 saturated heterocycles. The number of nitrogens with two attached hydrogens (primary N) is 2. The molecule has 0 aliphatic heterocycles. The van der Waals surface area contributed by atoms with Crippen LogP contribution >= 0.6 is 0 Å². The lowest BCUT2D eigenvalue weighted by molar-refractivity contribution is 0.248. The smallest absolute Gasteiger partial charge is 0.332 e. The summed E-state index contributed by atoms with van der Waals surface area (Å²) in [5, 5.41) is 8.39. The van der Waals surface area contributed by atoms with Crippen LogP contribution in [0.3, 0.4) is 0 Å². The molecular weight excluding hydrogens is 472 g/mol. The van der Waals surface area contributed by atoms with E-state index in [0.29, 0.717) is 43.9 Å². The predicted molar refractivity (Wildman–Crippen MR) is 146 cm³/mol. The molecule has 10 heteroatoms. The largest absolute Gasteiger partial charge is 0.494 e. The van der Waals surface area contributed by atoms with E-state index < -0.39 is 12.1 Å². The summed E-state index contributed by atoms with van der Waals surface area (Å²) in [6.45, 7) is 5.54. The number of rotatable bonds is 16. The van der Waals surface area contributed by atoms with Crippen molar-refractivity contribution in [2.45, 2.75) is 58.8 Å². The molecule has 0 radical (unpaired) electrons. The van der Waals surface area contributed by atoms with Crippen LogP contribution in [0.2, 0.25) is 0 Å². The second-order valence-electron chi connectivity index (χ2n) is 8.38. The van der Waals surface area contributed by atoms with Crippen LogP contribution < -0.4 is 31.8 Å².